The summed E-state index contributed by atoms with van der Waals surface area (Å²) in [7, 11) is 0. The summed E-state index contributed by atoms with van der Waals surface area (Å²) in [5, 5.41) is 11.0. The lowest BCUT2D eigenvalue weighted by molar-refractivity contribution is -0.136. The lowest BCUT2D eigenvalue weighted by Crippen LogP contribution is -2.31. The number of thioether (sulfide) groups is 1. The SMILES string of the molecule is CCCCC(CSc1ccccc1)OC(=O)NCCC(=O)O. The van der Waals surface area contributed by atoms with Crippen LogP contribution in [0, 0.1) is 0 Å². The molecule has 22 heavy (non-hydrogen) atoms. The fourth-order valence-corrected chi connectivity index (χ4v) is 2.74. The van der Waals surface area contributed by atoms with E-state index in [2.05, 4.69) is 12.2 Å². The number of unbranched alkanes of at least 4 members (excludes halogenated alkanes) is 1. The number of carbonyl (C=O) groups excluding carboxylic acids is 1. The van der Waals surface area contributed by atoms with Crippen molar-refractivity contribution in [2.24, 2.45) is 0 Å². The topological polar surface area (TPSA) is 75.6 Å². The number of hydrogen-bond donors (Lipinski definition) is 2. The number of rotatable bonds is 10. The average molecular weight is 325 g/mol. The van der Waals surface area contributed by atoms with Crippen LogP contribution in [0.1, 0.15) is 32.6 Å². The van der Waals surface area contributed by atoms with Crippen LogP contribution in [-0.2, 0) is 9.53 Å². The molecule has 0 aliphatic carbocycles. The van der Waals surface area contributed by atoms with Gasteiger partial charge in [0.25, 0.3) is 0 Å². The number of alkyl carbamates (subject to hydrolysis) is 1. The van der Waals surface area contributed by atoms with Crippen LogP contribution in [0.15, 0.2) is 35.2 Å². The standard InChI is InChI=1S/C16H23NO4S/c1-2-3-7-13(12-22-14-8-5-4-6-9-14)21-16(20)17-11-10-15(18)19/h4-6,8-9,13H,2-3,7,10-12H2,1H3,(H,17,20)(H,18,19). The van der Waals surface area contributed by atoms with Gasteiger partial charge < -0.3 is 15.2 Å². The molecule has 6 heteroatoms. The van der Waals surface area contributed by atoms with Crippen molar-refractivity contribution in [2.75, 3.05) is 12.3 Å². The zero-order valence-corrected chi connectivity index (χ0v) is 13.6. The maximum absolute atomic E-state index is 11.7. The van der Waals surface area contributed by atoms with Gasteiger partial charge in [-0.2, -0.15) is 0 Å². The smallest absolute Gasteiger partial charge is 0.407 e. The van der Waals surface area contributed by atoms with E-state index in [1.165, 1.54) is 0 Å². The zero-order valence-electron chi connectivity index (χ0n) is 12.8. The molecule has 1 atom stereocenters. The normalized spacial score (nSPS) is 11.7. The number of benzene rings is 1. The van der Waals surface area contributed by atoms with Gasteiger partial charge in [-0.1, -0.05) is 38.0 Å². The second-order valence-corrected chi connectivity index (χ2v) is 5.96. The first-order chi connectivity index (χ1) is 10.6. The van der Waals surface area contributed by atoms with E-state index in [0.717, 1.165) is 24.2 Å². The quantitative estimate of drug-likeness (QED) is 0.644. The number of nitrogens with one attached hydrogen (secondary N) is 1. The Labute approximate surface area is 135 Å². The highest BCUT2D eigenvalue weighted by atomic mass is 32.2. The third-order valence-corrected chi connectivity index (χ3v) is 4.08. The molecule has 2 N–H and O–H groups in total. The Kier molecular flexibility index (Phi) is 9.14. The highest BCUT2D eigenvalue weighted by Crippen LogP contribution is 2.21. The average Bonchev–Trinajstić information content (AvgIpc) is 2.50. The van der Waals surface area contributed by atoms with Crippen LogP contribution in [0.3, 0.4) is 0 Å². The van der Waals surface area contributed by atoms with Crippen LogP contribution in [0.25, 0.3) is 0 Å². The molecule has 0 radical (unpaired) electrons. The largest absolute Gasteiger partial charge is 0.481 e. The molecular formula is C16H23NO4S. The van der Waals surface area contributed by atoms with Gasteiger partial charge in [0.2, 0.25) is 0 Å². The molecule has 1 rings (SSSR count). The fraction of sp³-hybridized carbons (Fsp3) is 0.500. The minimum atomic E-state index is -0.942. The maximum atomic E-state index is 11.7. The zero-order chi connectivity index (χ0) is 16.2. The Bertz CT molecular complexity index is 453. The van der Waals surface area contributed by atoms with Crippen molar-refractivity contribution in [3.05, 3.63) is 30.3 Å². The van der Waals surface area contributed by atoms with Crippen LogP contribution in [0.5, 0.6) is 0 Å². The first kappa shape index (κ1) is 18.4. The van der Waals surface area contributed by atoms with Crippen LogP contribution < -0.4 is 5.32 Å². The van der Waals surface area contributed by atoms with E-state index in [9.17, 15) is 9.59 Å². The Morgan fingerprint density at radius 1 is 1.32 bits per heavy atom. The van der Waals surface area contributed by atoms with Gasteiger partial charge in [-0.25, -0.2) is 4.79 Å². The van der Waals surface area contributed by atoms with Crippen molar-refractivity contribution in [1.29, 1.82) is 0 Å². The van der Waals surface area contributed by atoms with Gasteiger partial charge in [-0.05, 0) is 18.6 Å². The summed E-state index contributed by atoms with van der Waals surface area (Å²) >= 11 is 1.65. The molecule has 0 saturated carbocycles. The summed E-state index contributed by atoms with van der Waals surface area (Å²) in [6.45, 7) is 2.18. The van der Waals surface area contributed by atoms with E-state index in [-0.39, 0.29) is 19.1 Å². The van der Waals surface area contributed by atoms with Crippen molar-refractivity contribution < 1.29 is 19.4 Å². The summed E-state index contributed by atoms with van der Waals surface area (Å²) in [5.74, 6) is -0.251. The molecule has 0 aliphatic rings. The van der Waals surface area contributed by atoms with E-state index in [1.807, 2.05) is 30.3 Å². The summed E-state index contributed by atoms with van der Waals surface area (Å²) in [6.07, 6.45) is 2.01. The number of amides is 1. The molecule has 122 valence electrons. The monoisotopic (exact) mass is 325 g/mol. The van der Waals surface area contributed by atoms with E-state index >= 15 is 0 Å². The molecule has 0 fully saturated rings. The number of carboxylic acids is 1. The second-order valence-electron chi connectivity index (χ2n) is 4.86. The highest BCUT2D eigenvalue weighted by molar-refractivity contribution is 7.99. The third-order valence-electron chi connectivity index (χ3n) is 2.94. The van der Waals surface area contributed by atoms with Gasteiger partial charge >= 0.3 is 12.1 Å². The van der Waals surface area contributed by atoms with Crippen molar-refractivity contribution in [1.82, 2.24) is 5.32 Å². The van der Waals surface area contributed by atoms with Crippen molar-refractivity contribution in [3.63, 3.8) is 0 Å². The fourth-order valence-electron chi connectivity index (χ4n) is 1.78. The molecule has 0 saturated heterocycles. The molecule has 1 unspecified atom stereocenters. The Morgan fingerprint density at radius 3 is 2.68 bits per heavy atom. The molecule has 1 aromatic rings. The highest BCUT2D eigenvalue weighted by Gasteiger charge is 2.14. The predicted octanol–water partition coefficient (Wildman–Crippen LogP) is 3.54. The number of carboxylic acid groups (broad SMARTS) is 1. The van der Waals surface area contributed by atoms with E-state index in [1.54, 1.807) is 11.8 Å². The van der Waals surface area contributed by atoms with E-state index < -0.39 is 12.1 Å². The Balaban J connectivity index is 2.38. The minimum absolute atomic E-state index is 0.0838. The van der Waals surface area contributed by atoms with Crippen molar-refractivity contribution >= 4 is 23.8 Å². The van der Waals surface area contributed by atoms with E-state index in [4.69, 9.17) is 9.84 Å². The Hall–Kier alpha value is -1.69. The number of hydrogen-bond acceptors (Lipinski definition) is 4. The van der Waals surface area contributed by atoms with Crippen molar-refractivity contribution in [2.45, 2.75) is 43.6 Å². The molecule has 1 amide bonds. The molecular weight excluding hydrogens is 302 g/mol. The van der Waals surface area contributed by atoms with E-state index in [0.29, 0.717) is 5.75 Å². The summed E-state index contributed by atoms with van der Waals surface area (Å²) in [5.41, 5.74) is 0. The molecule has 0 spiro atoms. The molecule has 0 heterocycles. The lowest BCUT2D eigenvalue weighted by atomic mass is 10.2. The Morgan fingerprint density at radius 2 is 2.05 bits per heavy atom. The molecule has 1 aromatic carbocycles. The maximum Gasteiger partial charge on any atom is 0.407 e. The van der Waals surface area contributed by atoms with Gasteiger partial charge in [0, 0.05) is 17.2 Å². The van der Waals surface area contributed by atoms with Crippen LogP contribution in [-0.4, -0.2) is 35.6 Å². The molecule has 5 nitrogen and oxygen atoms in total. The first-order valence-electron chi connectivity index (χ1n) is 7.46. The number of aliphatic carboxylic acids is 1. The number of carbonyl (C=O) groups is 2. The predicted molar refractivity (Wildman–Crippen MR) is 87.2 cm³/mol. The molecule has 0 bridgehead atoms. The summed E-state index contributed by atoms with van der Waals surface area (Å²) in [6, 6.07) is 9.96. The number of ether oxygens (including phenoxy) is 1. The summed E-state index contributed by atoms with van der Waals surface area (Å²) < 4.78 is 5.39. The minimum Gasteiger partial charge on any atom is -0.481 e. The van der Waals surface area contributed by atoms with Gasteiger partial charge in [0.1, 0.15) is 6.10 Å². The molecule has 0 aliphatic heterocycles. The second kappa shape index (κ2) is 11.0. The lowest BCUT2D eigenvalue weighted by Gasteiger charge is -2.17. The first-order valence-corrected chi connectivity index (χ1v) is 8.44. The van der Waals surface area contributed by atoms with Crippen LogP contribution >= 0.6 is 11.8 Å². The third kappa shape index (κ3) is 8.56. The molecule has 0 aromatic heterocycles. The van der Waals surface area contributed by atoms with Crippen LogP contribution in [0.2, 0.25) is 0 Å². The summed E-state index contributed by atoms with van der Waals surface area (Å²) in [4.78, 5) is 23.2. The van der Waals surface area contributed by atoms with Gasteiger partial charge in [0.05, 0.1) is 6.42 Å². The van der Waals surface area contributed by atoms with Gasteiger partial charge in [0.15, 0.2) is 0 Å². The van der Waals surface area contributed by atoms with Crippen LogP contribution in [0.4, 0.5) is 4.79 Å². The van der Waals surface area contributed by atoms with Crippen molar-refractivity contribution in [3.8, 4) is 0 Å². The van der Waals surface area contributed by atoms with Gasteiger partial charge in [-0.15, -0.1) is 11.8 Å². The van der Waals surface area contributed by atoms with Gasteiger partial charge in [-0.3, -0.25) is 4.79 Å².